The minimum Gasteiger partial charge on any atom is -0.481 e. The summed E-state index contributed by atoms with van der Waals surface area (Å²) >= 11 is 0. The molecular formula is C21H37N7O9. The van der Waals surface area contributed by atoms with Crippen molar-refractivity contribution in [2.45, 2.75) is 76.5 Å². The molecule has 0 fully saturated rings. The van der Waals surface area contributed by atoms with Gasteiger partial charge < -0.3 is 48.5 Å². The average molecular weight is 532 g/mol. The van der Waals surface area contributed by atoms with Crippen LogP contribution in [0, 0.1) is 5.92 Å². The van der Waals surface area contributed by atoms with Crippen molar-refractivity contribution < 1.29 is 44.1 Å². The number of hydrogen-bond donors (Lipinski definition) is 9. The summed E-state index contributed by atoms with van der Waals surface area (Å²) in [7, 11) is 0. The van der Waals surface area contributed by atoms with E-state index in [0.29, 0.717) is 6.42 Å². The Bertz CT molecular complexity index is 859. The lowest BCUT2D eigenvalue weighted by Crippen LogP contribution is -2.57. The summed E-state index contributed by atoms with van der Waals surface area (Å²) in [6.45, 7) is 3.67. The van der Waals surface area contributed by atoms with E-state index in [9.17, 15) is 33.9 Å². The summed E-state index contributed by atoms with van der Waals surface area (Å²) in [5.41, 5.74) is 16.3. The lowest BCUT2D eigenvalue weighted by atomic mass is 10.0. The molecule has 0 aromatic carbocycles. The Hall–Kier alpha value is -3.95. The molecule has 0 rings (SSSR count). The van der Waals surface area contributed by atoms with Gasteiger partial charge >= 0.3 is 17.9 Å². The first kappa shape index (κ1) is 33.0. The van der Waals surface area contributed by atoms with Gasteiger partial charge in [-0.25, -0.2) is 4.79 Å². The standard InChI is InChI=1S/C21H37N7O9/c1-10(2)8-13(19(35)28-14(20(36)37)9-16(31)32)27-18(34)12(5-6-15(29)30)26-17(33)11(22)4-3-7-25-21(23)24/h10-14H,3-9,22H2,1-2H3,(H,26,33)(H,27,34)(H,28,35)(H,29,30)(H,31,32)(H,36,37)(H4,23,24,25). The van der Waals surface area contributed by atoms with Crippen LogP contribution in [0.4, 0.5) is 0 Å². The number of nitrogens with zero attached hydrogens (tertiary/aromatic N) is 1. The summed E-state index contributed by atoms with van der Waals surface area (Å²) < 4.78 is 0. The second kappa shape index (κ2) is 16.7. The Kier molecular flexibility index (Phi) is 14.9. The second-order valence-electron chi connectivity index (χ2n) is 8.74. The van der Waals surface area contributed by atoms with E-state index in [-0.39, 0.29) is 37.7 Å². The predicted octanol–water partition coefficient (Wildman–Crippen LogP) is -2.71. The topological polar surface area (TPSA) is 290 Å². The van der Waals surface area contributed by atoms with E-state index in [1.165, 1.54) is 0 Å². The van der Waals surface area contributed by atoms with Crippen molar-refractivity contribution in [1.29, 1.82) is 0 Å². The number of carbonyl (C=O) groups is 6. The van der Waals surface area contributed by atoms with Gasteiger partial charge in [-0.05, 0) is 31.6 Å². The Balaban J connectivity index is 5.51. The summed E-state index contributed by atoms with van der Waals surface area (Å²) in [6.07, 6.45) is -1.13. The molecule has 0 aliphatic rings. The number of rotatable bonds is 18. The van der Waals surface area contributed by atoms with Gasteiger partial charge in [-0.2, -0.15) is 0 Å². The van der Waals surface area contributed by atoms with Crippen LogP contribution in [0.1, 0.15) is 52.4 Å². The maximum atomic E-state index is 12.9. The number of carboxylic acids is 3. The number of nitrogens with one attached hydrogen (secondary N) is 3. The summed E-state index contributed by atoms with van der Waals surface area (Å²) in [4.78, 5) is 75.2. The second-order valence-corrected chi connectivity index (χ2v) is 8.74. The molecule has 4 unspecified atom stereocenters. The molecule has 210 valence electrons. The molecule has 0 saturated carbocycles. The van der Waals surface area contributed by atoms with Crippen LogP contribution in [-0.4, -0.2) is 87.6 Å². The number of aliphatic carboxylic acids is 3. The molecule has 0 saturated heterocycles. The fourth-order valence-corrected chi connectivity index (χ4v) is 3.09. The molecule has 37 heavy (non-hydrogen) atoms. The molecule has 0 aromatic rings. The maximum absolute atomic E-state index is 12.9. The number of nitrogens with two attached hydrogens (primary N) is 3. The highest BCUT2D eigenvalue weighted by Gasteiger charge is 2.31. The summed E-state index contributed by atoms with van der Waals surface area (Å²) in [5, 5.41) is 33.9. The third-order valence-corrected chi connectivity index (χ3v) is 4.92. The molecule has 16 heteroatoms. The smallest absolute Gasteiger partial charge is 0.326 e. The highest BCUT2D eigenvalue weighted by molar-refractivity contribution is 5.94. The average Bonchev–Trinajstić information content (AvgIpc) is 2.76. The van der Waals surface area contributed by atoms with Crippen LogP contribution in [0.5, 0.6) is 0 Å². The summed E-state index contributed by atoms with van der Waals surface area (Å²) in [6, 6.07) is -5.46. The quantitative estimate of drug-likeness (QED) is 0.0495. The molecule has 0 spiro atoms. The third-order valence-electron chi connectivity index (χ3n) is 4.92. The van der Waals surface area contributed by atoms with Gasteiger partial charge in [0, 0.05) is 13.0 Å². The zero-order valence-corrected chi connectivity index (χ0v) is 20.8. The van der Waals surface area contributed by atoms with Crippen molar-refractivity contribution in [1.82, 2.24) is 16.0 Å². The molecule has 0 aromatic heterocycles. The fourth-order valence-electron chi connectivity index (χ4n) is 3.09. The monoisotopic (exact) mass is 531 g/mol. The molecule has 0 bridgehead atoms. The van der Waals surface area contributed by atoms with Gasteiger partial charge in [-0.15, -0.1) is 0 Å². The Labute approximate surface area is 213 Å². The molecule has 0 aliphatic carbocycles. The van der Waals surface area contributed by atoms with E-state index < -0.39 is 72.6 Å². The van der Waals surface area contributed by atoms with Gasteiger partial charge in [0.1, 0.15) is 18.1 Å². The molecule has 3 amide bonds. The SMILES string of the molecule is CC(C)CC(NC(=O)C(CCC(=O)O)NC(=O)C(N)CCCN=C(N)N)C(=O)NC(CC(=O)O)C(=O)O. The van der Waals surface area contributed by atoms with Crippen LogP contribution in [0.25, 0.3) is 0 Å². The zero-order chi connectivity index (χ0) is 28.7. The van der Waals surface area contributed by atoms with E-state index in [2.05, 4.69) is 20.9 Å². The van der Waals surface area contributed by atoms with Gasteiger partial charge in [0.05, 0.1) is 12.5 Å². The van der Waals surface area contributed by atoms with Crippen molar-refractivity contribution in [3.8, 4) is 0 Å². The van der Waals surface area contributed by atoms with Gasteiger partial charge in [0.2, 0.25) is 17.7 Å². The first-order valence-electron chi connectivity index (χ1n) is 11.5. The highest BCUT2D eigenvalue weighted by Crippen LogP contribution is 2.08. The fraction of sp³-hybridized carbons (Fsp3) is 0.667. The van der Waals surface area contributed by atoms with E-state index >= 15 is 0 Å². The van der Waals surface area contributed by atoms with Gasteiger partial charge in [-0.3, -0.25) is 29.0 Å². The van der Waals surface area contributed by atoms with Crippen molar-refractivity contribution in [2.75, 3.05) is 6.54 Å². The normalized spacial score (nSPS) is 13.9. The number of carbonyl (C=O) groups excluding carboxylic acids is 3. The molecule has 0 heterocycles. The lowest BCUT2D eigenvalue weighted by Gasteiger charge is -2.25. The van der Waals surface area contributed by atoms with Crippen LogP contribution < -0.4 is 33.2 Å². The first-order chi connectivity index (χ1) is 17.1. The van der Waals surface area contributed by atoms with Crippen LogP contribution >= 0.6 is 0 Å². The Morgan fingerprint density at radius 1 is 0.784 bits per heavy atom. The molecule has 0 radical (unpaired) electrons. The van der Waals surface area contributed by atoms with Gasteiger partial charge in [0.15, 0.2) is 5.96 Å². The van der Waals surface area contributed by atoms with Gasteiger partial charge in [-0.1, -0.05) is 13.8 Å². The van der Waals surface area contributed by atoms with Crippen LogP contribution in [0.2, 0.25) is 0 Å². The number of carboxylic acid groups (broad SMARTS) is 3. The van der Waals surface area contributed by atoms with Crippen molar-refractivity contribution in [2.24, 2.45) is 28.1 Å². The zero-order valence-electron chi connectivity index (χ0n) is 20.8. The minimum absolute atomic E-state index is 0.0425. The largest absolute Gasteiger partial charge is 0.481 e. The highest BCUT2D eigenvalue weighted by atomic mass is 16.4. The van der Waals surface area contributed by atoms with E-state index in [0.717, 1.165) is 0 Å². The first-order valence-corrected chi connectivity index (χ1v) is 11.5. The summed E-state index contributed by atoms with van der Waals surface area (Å²) in [5.74, 6) is -7.14. The molecule has 0 aliphatic heterocycles. The predicted molar refractivity (Wildman–Crippen MR) is 130 cm³/mol. The molecule has 16 nitrogen and oxygen atoms in total. The Morgan fingerprint density at radius 3 is 1.81 bits per heavy atom. The van der Waals surface area contributed by atoms with Crippen molar-refractivity contribution in [3.05, 3.63) is 0 Å². The van der Waals surface area contributed by atoms with Crippen molar-refractivity contribution in [3.63, 3.8) is 0 Å². The molecular weight excluding hydrogens is 494 g/mol. The lowest BCUT2D eigenvalue weighted by molar-refractivity contribution is -0.147. The number of hydrogen-bond acceptors (Lipinski definition) is 8. The number of aliphatic imine (C=N–C) groups is 1. The number of amides is 3. The molecule has 4 atom stereocenters. The van der Waals surface area contributed by atoms with Crippen LogP contribution in [0.3, 0.4) is 0 Å². The number of guanidine groups is 1. The van der Waals surface area contributed by atoms with Gasteiger partial charge in [0.25, 0.3) is 0 Å². The minimum atomic E-state index is -1.74. The maximum Gasteiger partial charge on any atom is 0.326 e. The van der Waals surface area contributed by atoms with Crippen LogP contribution in [0.15, 0.2) is 4.99 Å². The van der Waals surface area contributed by atoms with E-state index in [1.54, 1.807) is 13.8 Å². The molecule has 12 N–H and O–H groups in total. The Morgan fingerprint density at radius 2 is 1.32 bits per heavy atom. The van der Waals surface area contributed by atoms with E-state index in [1.807, 2.05) is 0 Å². The van der Waals surface area contributed by atoms with Crippen molar-refractivity contribution >= 4 is 41.6 Å². The van der Waals surface area contributed by atoms with Crippen LogP contribution in [-0.2, 0) is 28.8 Å². The van der Waals surface area contributed by atoms with E-state index in [4.69, 9.17) is 27.4 Å². The third kappa shape index (κ3) is 14.9.